The van der Waals surface area contributed by atoms with Crippen LogP contribution in [0, 0.1) is 0 Å². The third kappa shape index (κ3) is 3.98. The number of nitrogens with one attached hydrogen (secondary N) is 1. The Morgan fingerprint density at radius 3 is 2.33 bits per heavy atom. The van der Waals surface area contributed by atoms with Gasteiger partial charge in [-0.05, 0) is 45.4 Å². The van der Waals surface area contributed by atoms with Crippen LogP contribution in [0.15, 0.2) is 18.3 Å². The Morgan fingerprint density at radius 1 is 1.17 bits per heavy atom. The van der Waals surface area contributed by atoms with Crippen LogP contribution in [0.3, 0.4) is 0 Å². The van der Waals surface area contributed by atoms with E-state index in [1.54, 1.807) is 0 Å². The highest BCUT2D eigenvalue weighted by Gasteiger charge is 2.10. The van der Waals surface area contributed by atoms with Gasteiger partial charge in [0.15, 0.2) is 0 Å². The molecule has 0 radical (unpaired) electrons. The standard InChI is InChI=1S/C15H27N3/c1-5-11-16-14(6-2)15-10-9-13(12-17-15)18(7-3)8-4/h9-10,12,14,16H,5-8,11H2,1-4H3. The summed E-state index contributed by atoms with van der Waals surface area (Å²) in [5, 5.41) is 3.54. The fraction of sp³-hybridized carbons (Fsp3) is 0.667. The smallest absolute Gasteiger partial charge is 0.0574 e. The van der Waals surface area contributed by atoms with Gasteiger partial charge in [-0.2, -0.15) is 0 Å². The molecule has 1 N–H and O–H groups in total. The zero-order valence-electron chi connectivity index (χ0n) is 12.2. The number of anilines is 1. The molecule has 0 aliphatic carbocycles. The summed E-state index contributed by atoms with van der Waals surface area (Å²) in [7, 11) is 0. The molecule has 0 aliphatic heterocycles. The predicted molar refractivity (Wildman–Crippen MR) is 79.1 cm³/mol. The first-order valence-corrected chi connectivity index (χ1v) is 7.20. The van der Waals surface area contributed by atoms with Crippen molar-refractivity contribution in [1.29, 1.82) is 0 Å². The summed E-state index contributed by atoms with van der Waals surface area (Å²) >= 11 is 0. The van der Waals surface area contributed by atoms with Crippen molar-refractivity contribution in [2.45, 2.75) is 46.6 Å². The molecule has 0 aromatic carbocycles. The molecule has 1 heterocycles. The second kappa shape index (κ2) is 8.09. The van der Waals surface area contributed by atoms with Crippen molar-refractivity contribution in [2.75, 3.05) is 24.5 Å². The lowest BCUT2D eigenvalue weighted by Crippen LogP contribution is -2.24. The molecule has 1 rings (SSSR count). The quantitative estimate of drug-likeness (QED) is 0.765. The van der Waals surface area contributed by atoms with E-state index in [9.17, 15) is 0 Å². The molecule has 1 aromatic heterocycles. The fourth-order valence-electron chi connectivity index (χ4n) is 2.16. The van der Waals surface area contributed by atoms with Gasteiger partial charge in [-0.3, -0.25) is 4.98 Å². The van der Waals surface area contributed by atoms with Crippen molar-refractivity contribution in [3.8, 4) is 0 Å². The summed E-state index contributed by atoms with van der Waals surface area (Å²) in [6.45, 7) is 11.9. The minimum Gasteiger partial charge on any atom is -0.371 e. The van der Waals surface area contributed by atoms with Gasteiger partial charge in [-0.1, -0.05) is 13.8 Å². The van der Waals surface area contributed by atoms with Crippen LogP contribution in [0.4, 0.5) is 5.69 Å². The second-order valence-electron chi connectivity index (χ2n) is 4.53. The highest BCUT2D eigenvalue weighted by molar-refractivity contribution is 5.44. The molecule has 0 aliphatic rings. The van der Waals surface area contributed by atoms with Crippen LogP contribution in [0.1, 0.15) is 52.3 Å². The summed E-state index contributed by atoms with van der Waals surface area (Å²) in [6.07, 6.45) is 4.24. The maximum Gasteiger partial charge on any atom is 0.0574 e. The van der Waals surface area contributed by atoms with Crippen molar-refractivity contribution in [3.63, 3.8) is 0 Å². The van der Waals surface area contributed by atoms with E-state index >= 15 is 0 Å². The lowest BCUT2D eigenvalue weighted by atomic mass is 10.1. The fourth-order valence-corrected chi connectivity index (χ4v) is 2.16. The number of pyridine rings is 1. The maximum absolute atomic E-state index is 4.62. The first kappa shape index (κ1) is 15.0. The van der Waals surface area contributed by atoms with E-state index in [4.69, 9.17) is 0 Å². The van der Waals surface area contributed by atoms with Crippen molar-refractivity contribution < 1.29 is 0 Å². The van der Waals surface area contributed by atoms with Crippen LogP contribution in [0.2, 0.25) is 0 Å². The van der Waals surface area contributed by atoms with Crippen molar-refractivity contribution in [2.24, 2.45) is 0 Å². The van der Waals surface area contributed by atoms with Crippen molar-refractivity contribution >= 4 is 5.69 Å². The Hall–Kier alpha value is -1.09. The van der Waals surface area contributed by atoms with Crippen molar-refractivity contribution in [3.05, 3.63) is 24.0 Å². The minimum absolute atomic E-state index is 0.385. The van der Waals surface area contributed by atoms with Crippen LogP contribution in [-0.4, -0.2) is 24.6 Å². The molecule has 0 fully saturated rings. The van der Waals surface area contributed by atoms with Crippen LogP contribution >= 0.6 is 0 Å². The average molecular weight is 249 g/mol. The molecule has 1 aromatic rings. The molecule has 18 heavy (non-hydrogen) atoms. The first-order valence-electron chi connectivity index (χ1n) is 7.20. The van der Waals surface area contributed by atoms with Gasteiger partial charge in [0.05, 0.1) is 17.6 Å². The van der Waals surface area contributed by atoms with E-state index < -0.39 is 0 Å². The highest BCUT2D eigenvalue weighted by Crippen LogP contribution is 2.18. The number of aromatic nitrogens is 1. The molecule has 3 heteroatoms. The first-order chi connectivity index (χ1) is 8.76. The van der Waals surface area contributed by atoms with Crippen molar-refractivity contribution in [1.82, 2.24) is 10.3 Å². The van der Waals surface area contributed by atoms with E-state index in [1.807, 2.05) is 6.20 Å². The van der Waals surface area contributed by atoms with Gasteiger partial charge in [0.1, 0.15) is 0 Å². The van der Waals surface area contributed by atoms with Gasteiger partial charge < -0.3 is 10.2 Å². The van der Waals surface area contributed by atoms with Gasteiger partial charge >= 0.3 is 0 Å². The van der Waals surface area contributed by atoms with E-state index in [1.165, 1.54) is 5.69 Å². The molecule has 102 valence electrons. The molecule has 0 amide bonds. The third-order valence-corrected chi connectivity index (χ3v) is 3.31. The Balaban J connectivity index is 2.73. The molecule has 1 atom stereocenters. The largest absolute Gasteiger partial charge is 0.371 e. The predicted octanol–water partition coefficient (Wildman–Crippen LogP) is 3.38. The monoisotopic (exact) mass is 249 g/mol. The number of rotatable bonds is 8. The number of hydrogen-bond acceptors (Lipinski definition) is 3. The van der Waals surface area contributed by atoms with Gasteiger partial charge in [0, 0.05) is 19.1 Å². The molecule has 3 nitrogen and oxygen atoms in total. The Bertz CT molecular complexity index is 317. The zero-order chi connectivity index (χ0) is 13.4. The summed E-state index contributed by atoms with van der Waals surface area (Å²) in [5.41, 5.74) is 2.37. The zero-order valence-corrected chi connectivity index (χ0v) is 12.2. The van der Waals surface area contributed by atoms with Gasteiger partial charge in [-0.15, -0.1) is 0 Å². The molecule has 1 unspecified atom stereocenters. The lowest BCUT2D eigenvalue weighted by molar-refractivity contribution is 0.507. The Kier molecular flexibility index (Phi) is 6.73. The minimum atomic E-state index is 0.385. The Labute approximate surface area is 112 Å². The van der Waals surface area contributed by atoms with E-state index in [0.29, 0.717) is 6.04 Å². The summed E-state index contributed by atoms with van der Waals surface area (Å²) in [5.74, 6) is 0. The second-order valence-corrected chi connectivity index (χ2v) is 4.53. The number of nitrogens with zero attached hydrogens (tertiary/aromatic N) is 2. The van der Waals surface area contributed by atoms with Crippen LogP contribution in [-0.2, 0) is 0 Å². The third-order valence-electron chi connectivity index (χ3n) is 3.31. The van der Waals surface area contributed by atoms with E-state index in [-0.39, 0.29) is 0 Å². The highest BCUT2D eigenvalue weighted by atomic mass is 15.1. The Morgan fingerprint density at radius 2 is 1.89 bits per heavy atom. The van der Waals surface area contributed by atoms with Crippen LogP contribution in [0.25, 0.3) is 0 Å². The topological polar surface area (TPSA) is 28.2 Å². The number of hydrogen-bond donors (Lipinski definition) is 1. The van der Waals surface area contributed by atoms with E-state index in [2.05, 4.69) is 55.0 Å². The average Bonchev–Trinajstić information content (AvgIpc) is 2.42. The molecular weight excluding hydrogens is 222 g/mol. The van der Waals surface area contributed by atoms with Gasteiger partial charge in [0.2, 0.25) is 0 Å². The van der Waals surface area contributed by atoms with E-state index in [0.717, 1.165) is 38.2 Å². The van der Waals surface area contributed by atoms with Gasteiger partial charge in [0.25, 0.3) is 0 Å². The summed E-state index contributed by atoms with van der Waals surface area (Å²) in [4.78, 5) is 6.93. The lowest BCUT2D eigenvalue weighted by Gasteiger charge is -2.22. The van der Waals surface area contributed by atoms with Gasteiger partial charge in [-0.25, -0.2) is 0 Å². The SMILES string of the molecule is CCCNC(CC)c1ccc(N(CC)CC)cn1. The van der Waals surface area contributed by atoms with Crippen LogP contribution < -0.4 is 10.2 Å². The molecular formula is C15H27N3. The summed E-state index contributed by atoms with van der Waals surface area (Å²) in [6, 6.07) is 4.73. The van der Waals surface area contributed by atoms with Crippen LogP contribution in [0.5, 0.6) is 0 Å². The summed E-state index contributed by atoms with van der Waals surface area (Å²) < 4.78 is 0. The molecule has 0 bridgehead atoms. The molecule has 0 saturated heterocycles. The molecule has 0 saturated carbocycles. The normalized spacial score (nSPS) is 12.4. The molecule has 0 spiro atoms. The maximum atomic E-state index is 4.62.